The van der Waals surface area contributed by atoms with Crippen molar-refractivity contribution in [2.75, 3.05) is 13.2 Å². The molecule has 0 aliphatic carbocycles. The Kier molecular flexibility index (Phi) is 12.9. The van der Waals surface area contributed by atoms with Crippen LogP contribution in [0.5, 0.6) is 0 Å². The number of esters is 1. The predicted octanol–water partition coefficient (Wildman–Crippen LogP) is 4.80. The fourth-order valence-corrected chi connectivity index (χ4v) is 4.57. The van der Waals surface area contributed by atoms with Crippen molar-refractivity contribution in [2.45, 2.75) is 91.9 Å². The Morgan fingerprint density at radius 1 is 1.30 bits per heavy atom. The van der Waals surface area contributed by atoms with Gasteiger partial charge in [-0.3, -0.25) is 16.8 Å². The second-order valence-electron chi connectivity index (χ2n) is 10.9. The molecule has 0 radical (unpaired) electrons. The number of hydrogen-bond donors (Lipinski definition) is 2. The summed E-state index contributed by atoms with van der Waals surface area (Å²) >= 11 is 0. The van der Waals surface area contributed by atoms with Crippen LogP contribution in [-0.2, 0) is 14.3 Å². The van der Waals surface area contributed by atoms with E-state index in [4.69, 9.17) is 9.47 Å². The van der Waals surface area contributed by atoms with Gasteiger partial charge in [-0.25, -0.2) is 10.2 Å². The van der Waals surface area contributed by atoms with Crippen molar-refractivity contribution in [3.8, 4) is 0 Å². The summed E-state index contributed by atoms with van der Waals surface area (Å²) in [5, 5.41) is 1.71. The fourth-order valence-electron chi connectivity index (χ4n) is 4.57. The van der Waals surface area contributed by atoms with Crippen molar-refractivity contribution in [3.05, 3.63) is 70.3 Å². The third-order valence-electron chi connectivity index (χ3n) is 7.53. The van der Waals surface area contributed by atoms with Gasteiger partial charge in [-0.05, 0) is 81.2 Å². The first-order valence-corrected chi connectivity index (χ1v) is 14.3. The molecule has 0 bridgehead atoms. The van der Waals surface area contributed by atoms with Gasteiger partial charge in [0, 0.05) is 41.9 Å². The summed E-state index contributed by atoms with van der Waals surface area (Å²) in [6.45, 7) is 25.2. The number of carbonyl (C=O) groups is 2. The van der Waals surface area contributed by atoms with Gasteiger partial charge in [0.05, 0.1) is 0 Å². The van der Waals surface area contributed by atoms with Crippen LogP contribution in [0, 0.1) is 18.9 Å². The predicted molar refractivity (Wildman–Crippen MR) is 162 cm³/mol. The van der Waals surface area contributed by atoms with E-state index in [0.717, 1.165) is 59.4 Å². The minimum Gasteiger partial charge on any atom is -0.488 e. The van der Waals surface area contributed by atoms with E-state index in [1.165, 1.54) is 0 Å². The van der Waals surface area contributed by atoms with Crippen LogP contribution in [0.3, 0.4) is 0 Å². The Hall–Kier alpha value is -3.16. The standard InChI is InChI=1S/C33H48N3O4/c1-10-27(19-24(6)20-31(37)40-33(9,11-2)12-3)21-36(23(4)5)22-29-25(7)16-17-28(26(29)8)32(38)35-34-30-15-13-14-18-39-30/h16-17,20,22,27,30,34H,2,4,7,10,12-15,18-19,21H2,1,3,5-6,8-9H3,(H,35,38)/q-1/b24-20-,29-22+. The molecule has 7 nitrogen and oxygen atoms in total. The fraction of sp³-hybridized carbons (Fsp3) is 0.515. The topological polar surface area (TPSA) is 79.9 Å². The molecule has 1 saturated heterocycles. The van der Waals surface area contributed by atoms with Gasteiger partial charge in [-0.15, -0.1) is 0 Å². The van der Waals surface area contributed by atoms with E-state index in [0.29, 0.717) is 25.1 Å². The minimum atomic E-state index is -0.793. The zero-order chi connectivity index (χ0) is 29.9. The first-order chi connectivity index (χ1) is 18.9. The normalized spacial score (nSPS) is 18.4. The van der Waals surface area contributed by atoms with Gasteiger partial charge in [0.2, 0.25) is 0 Å². The quantitative estimate of drug-likeness (QED) is 0.150. The van der Waals surface area contributed by atoms with E-state index < -0.39 is 5.60 Å². The summed E-state index contributed by atoms with van der Waals surface area (Å²) in [7, 11) is 0. The highest BCUT2D eigenvalue weighted by Gasteiger charge is 2.18. The molecule has 3 atom stereocenters. The molecule has 1 fully saturated rings. The Morgan fingerprint density at radius 3 is 2.60 bits per heavy atom. The molecule has 1 amide bonds. The largest absolute Gasteiger partial charge is 0.488 e. The second kappa shape index (κ2) is 15.6. The number of amides is 1. The third-order valence-corrected chi connectivity index (χ3v) is 7.53. The van der Waals surface area contributed by atoms with Gasteiger partial charge in [0.25, 0.3) is 5.91 Å². The number of nitrogens with one attached hydrogen (secondary N) is 2. The number of nitrogens with zero attached hydrogens (tertiary/aromatic N) is 1. The maximum atomic E-state index is 13.0. The summed E-state index contributed by atoms with van der Waals surface area (Å²) in [6.07, 6.45) is 11.5. The van der Waals surface area contributed by atoms with E-state index in [-0.39, 0.29) is 24.0 Å². The number of carbonyl (C=O) groups excluding carboxylic acids is 2. The number of hydrogen-bond acceptors (Lipinski definition) is 6. The molecule has 40 heavy (non-hydrogen) atoms. The molecule has 3 unspecified atom stereocenters. The van der Waals surface area contributed by atoms with E-state index in [2.05, 4.69) is 48.5 Å². The smallest absolute Gasteiger partial charge is 0.328 e. The molecule has 220 valence electrons. The van der Waals surface area contributed by atoms with Gasteiger partial charge in [0.15, 0.2) is 0 Å². The van der Waals surface area contributed by atoms with Crippen LogP contribution < -0.4 is 21.3 Å². The van der Waals surface area contributed by atoms with Crippen LogP contribution in [0.4, 0.5) is 0 Å². The number of ether oxygens (including phenoxy) is 2. The lowest BCUT2D eigenvalue weighted by molar-refractivity contribution is -0.148. The monoisotopic (exact) mass is 550 g/mol. The number of hydrazine groups is 1. The van der Waals surface area contributed by atoms with E-state index in [1.807, 2.05) is 40.0 Å². The highest BCUT2D eigenvalue weighted by atomic mass is 16.6. The molecule has 0 spiro atoms. The number of benzene rings is 1. The molecule has 1 aliphatic rings. The molecule has 7 heteroatoms. The van der Waals surface area contributed by atoms with Crippen molar-refractivity contribution in [2.24, 2.45) is 5.92 Å². The molecule has 1 aliphatic heterocycles. The molecule has 0 aromatic heterocycles. The van der Waals surface area contributed by atoms with E-state index >= 15 is 0 Å². The van der Waals surface area contributed by atoms with Crippen LogP contribution in [0.15, 0.2) is 42.6 Å². The summed E-state index contributed by atoms with van der Waals surface area (Å²) in [5.41, 5.74) is 8.26. The van der Waals surface area contributed by atoms with Crippen LogP contribution in [0.25, 0.3) is 12.8 Å². The van der Waals surface area contributed by atoms with Gasteiger partial charge in [0.1, 0.15) is 6.23 Å². The molecule has 0 saturated carbocycles. The Bertz CT molecular complexity index is 1200. The summed E-state index contributed by atoms with van der Waals surface area (Å²) < 4.78 is 11.2. The van der Waals surface area contributed by atoms with Gasteiger partial charge < -0.3 is 20.4 Å². The average molecular weight is 551 g/mol. The zero-order valence-electron chi connectivity index (χ0n) is 25.3. The molecule has 2 N–H and O–H groups in total. The molecular formula is C33H48N3O4-. The summed E-state index contributed by atoms with van der Waals surface area (Å²) in [5.74, 6) is -0.330. The average Bonchev–Trinajstić information content (AvgIpc) is 2.92. The highest BCUT2D eigenvalue weighted by Crippen LogP contribution is 2.21. The van der Waals surface area contributed by atoms with Gasteiger partial charge in [-0.2, -0.15) is 0 Å². The molecule has 2 rings (SSSR count). The van der Waals surface area contributed by atoms with E-state index in [1.54, 1.807) is 19.1 Å². The first kappa shape index (κ1) is 33.0. The first-order valence-electron chi connectivity index (χ1n) is 14.3. The third kappa shape index (κ3) is 9.79. The van der Waals surface area contributed by atoms with Crippen molar-refractivity contribution >= 4 is 24.7 Å². The summed E-state index contributed by atoms with van der Waals surface area (Å²) in [6, 6.07) is 3.66. The van der Waals surface area contributed by atoms with Crippen molar-refractivity contribution in [1.29, 1.82) is 0 Å². The van der Waals surface area contributed by atoms with Gasteiger partial charge >= 0.3 is 5.97 Å². The zero-order valence-corrected chi connectivity index (χ0v) is 25.3. The van der Waals surface area contributed by atoms with Crippen molar-refractivity contribution in [3.63, 3.8) is 0 Å². The Labute approximate surface area is 240 Å². The second-order valence-corrected chi connectivity index (χ2v) is 10.9. The van der Waals surface area contributed by atoms with Crippen LogP contribution >= 0.6 is 0 Å². The van der Waals surface area contributed by atoms with Crippen LogP contribution in [0.2, 0.25) is 0 Å². The minimum absolute atomic E-state index is 0.170. The lowest BCUT2D eigenvalue weighted by Crippen LogP contribution is -2.47. The highest BCUT2D eigenvalue weighted by molar-refractivity contribution is 5.95. The van der Waals surface area contributed by atoms with Crippen LogP contribution in [-0.4, -0.2) is 41.8 Å². The van der Waals surface area contributed by atoms with Crippen LogP contribution in [0.1, 0.15) is 89.1 Å². The number of rotatable bonds is 14. The lowest BCUT2D eigenvalue weighted by Gasteiger charge is -2.34. The van der Waals surface area contributed by atoms with Crippen molar-refractivity contribution in [1.82, 2.24) is 15.8 Å². The molecular weight excluding hydrogens is 502 g/mol. The Balaban J connectivity index is 2.21. The van der Waals surface area contributed by atoms with Crippen molar-refractivity contribution < 1.29 is 19.1 Å². The maximum Gasteiger partial charge on any atom is 0.328 e. The summed E-state index contributed by atoms with van der Waals surface area (Å²) in [4.78, 5) is 27.6. The maximum absolute atomic E-state index is 13.0. The SMILES string of the molecule is C=[C-]C(C)(CC)OC(=O)/C=C(/C)CC(CC)CN(/C=c1/c(C)c(C(=O)NNC2CCCCO2)ccc1=C)C(=C)C. The van der Waals surface area contributed by atoms with Gasteiger partial charge in [-0.1, -0.05) is 52.0 Å². The van der Waals surface area contributed by atoms with E-state index in [9.17, 15) is 9.59 Å². The molecule has 1 aromatic rings. The molecule has 1 heterocycles. The molecule has 1 aromatic carbocycles. The number of allylic oxidation sites excluding steroid dienone is 2. The lowest BCUT2D eigenvalue weighted by atomic mass is 9.96. The Morgan fingerprint density at radius 2 is 2.02 bits per heavy atom.